The molecule has 0 aliphatic heterocycles. The predicted molar refractivity (Wildman–Crippen MR) is 112 cm³/mol. The van der Waals surface area contributed by atoms with Gasteiger partial charge in [0.05, 0.1) is 17.1 Å². The van der Waals surface area contributed by atoms with Crippen molar-refractivity contribution in [2.24, 2.45) is 0 Å². The van der Waals surface area contributed by atoms with Gasteiger partial charge < -0.3 is 5.32 Å². The molecule has 28 heavy (non-hydrogen) atoms. The Kier molecular flexibility index (Phi) is 5.38. The number of halogens is 2. The van der Waals surface area contributed by atoms with Crippen LogP contribution < -0.4 is 5.32 Å². The third-order valence-corrected chi connectivity index (χ3v) is 5.38. The number of H-pyrrole nitrogens is 1. The highest BCUT2D eigenvalue weighted by Gasteiger charge is 2.12. The van der Waals surface area contributed by atoms with Crippen molar-refractivity contribution < 1.29 is 4.79 Å². The standard InChI is InChI=1S/C19H13Cl2N5OS/c20-12-3-6-15(16(21)7-12)19-25-14(9-28-19)8-17(27)24-13-4-1-11(2-5-13)18-22-10-23-26-18/h1-7,9-10H,8H2,(H,24,27)(H,22,23,26). The Balaban J connectivity index is 1.41. The molecule has 0 saturated heterocycles. The van der Waals surface area contributed by atoms with Crippen LogP contribution in [0.25, 0.3) is 22.0 Å². The molecule has 0 radical (unpaired) electrons. The fourth-order valence-corrected chi connectivity index (χ4v) is 4.01. The summed E-state index contributed by atoms with van der Waals surface area (Å²) in [5.74, 6) is 0.528. The molecule has 0 spiro atoms. The van der Waals surface area contributed by atoms with E-state index in [9.17, 15) is 4.79 Å². The number of nitrogens with one attached hydrogen (secondary N) is 2. The van der Waals surface area contributed by atoms with Crippen LogP contribution in [0.3, 0.4) is 0 Å². The molecule has 4 rings (SSSR count). The topological polar surface area (TPSA) is 83.6 Å². The molecule has 0 bridgehead atoms. The molecular weight excluding hydrogens is 417 g/mol. The van der Waals surface area contributed by atoms with Gasteiger partial charge >= 0.3 is 0 Å². The third kappa shape index (κ3) is 4.22. The lowest BCUT2D eigenvalue weighted by molar-refractivity contribution is -0.115. The summed E-state index contributed by atoms with van der Waals surface area (Å²) in [7, 11) is 0. The molecule has 140 valence electrons. The number of thiazole rings is 1. The summed E-state index contributed by atoms with van der Waals surface area (Å²) in [6.07, 6.45) is 1.62. The Bertz CT molecular complexity index is 1110. The fraction of sp³-hybridized carbons (Fsp3) is 0.0526. The number of carbonyl (C=O) groups excluding carboxylic acids is 1. The molecule has 4 aromatic rings. The van der Waals surface area contributed by atoms with Gasteiger partial charge in [0, 0.05) is 27.2 Å². The molecule has 0 atom stereocenters. The normalized spacial score (nSPS) is 10.8. The maximum Gasteiger partial charge on any atom is 0.230 e. The molecule has 1 amide bonds. The Labute approximate surface area is 174 Å². The van der Waals surface area contributed by atoms with E-state index in [0.29, 0.717) is 27.3 Å². The van der Waals surface area contributed by atoms with Gasteiger partial charge in [0.1, 0.15) is 11.3 Å². The minimum absolute atomic E-state index is 0.147. The number of hydrogen-bond acceptors (Lipinski definition) is 5. The summed E-state index contributed by atoms with van der Waals surface area (Å²) in [4.78, 5) is 20.9. The quantitative estimate of drug-likeness (QED) is 0.462. The number of carbonyl (C=O) groups is 1. The largest absolute Gasteiger partial charge is 0.326 e. The van der Waals surface area contributed by atoms with Crippen LogP contribution in [0.4, 0.5) is 5.69 Å². The second-order valence-electron chi connectivity index (χ2n) is 5.90. The van der Waals surface area contributed by atoms with Gasteiger partial charge in [-0.2, -0.15) is 5.10 Å². The van der Waals surface area contributed by atoms with Crippen molar-refractivity contribution in [3.8, 4) is 22.0 Å². The maximum atomic E-state index is 12.3. The Hall–Kier alpha value is -2.74. The van der Waals surface area contributed by atoms with E-state index in [1.807, 2.05) is 35.7 Å². The molecule has 2 heterocycles. The van der Waals surface area contributed by atoms with Gasteiger partial charge in [-0.05, 0) is 42.5 Å². The molecule has 2 aromatic heterocycles. The number of amides is 1. The van der Waals surface area contributed by atoms with E-state index in [-0.39, 0.29) is 12.3 Å². The van der Waals surface area contributed by atoms with Crippen LogP contribution in [0.2, 0.25) is 10.0 Å². The second-order valence-corrected chi connectivity index (χ2v) is 7.61. The van der Waals surface area contributed by atoms with Crippen molar-refractivity contribution in [2.75, 3.05) is 5.32 Å². The number of nitrogens with zero attached hydrogens (tertiary/aromatic N) is 3. The van der Waals surface area contributed by atoms with Crippen molar-refractivity contribution in [1.82, 2.24) is 20.2 Å². The first-order chi connectivity index (χ1) is 13.6. The summed E-state index contributed by atoms with van der Waals surface area (Å²) in [6.45, 7) is 0. The first kappa shape index (κ1) is 18.6. The van der Waals surface area contributed by atoms with E-state index in [4.69, 9.17) is 23.2 Å². The SMILES string of the molecule is O=C(Cc1csc(-c2ccc(Cl)cc2Cl)n1)Nc1ccc(-c2ncn[nH]2)cc1. The lowest BCUT2D eigenvalue weighted by Gasteiger charge is -2.05. The van der Waals surface area contributed by atoms with Crippen molar-refractivity contribution in [2.45, 2.75) is 6.42 Å². The molecule has 0 aliphatic rings. The summed E-state index contributed by atoms with van der Waals surface area (Å²) < 4.78 is 0. The molecule has 0 unspecified atom stereocenters. The Morgan fingerprint density at radius 3 is 2.68 bits per heavy atom. The van der Waals surface area contributed by atoms with E-state index < -0.39 is 0 Å². The summed E-state index contributed by atoms with van der Waals surface area (Å²) >= 11 is 13.6. The first-order valence-corrected chi connectivity index (χ1v) is 9.87. The fourth-order valence-electron chi connectivity index (χ4n) is 2.60. The number of aromatic amines is 1. The van der Waals surface area contributed by atoms with Crippen LogP contribution in [-0.2, 0) is 11.2 Å². The highest BCUT2D eigenvalue weighted by molar-refractivity contribution is 7.13. The average molecular weight is 430 g/mol. The molecule has 0 fully saturated rings. The zero-order valence-electron chi connectivity index (χ0n) is 14.3. The number of rotatable bonds is 5. The van der Waals surface area contributed by atoms with Crippen molar-refractivity contribution in [3.05, 3.63) is 69.9 Å². The molecular formula is C19H13Cl2N5OS. The minimum Gasteiger partial charge on any atom is -0.326 e. The highest BCUT2D eigenvalue weighted by Crippen LogP contribution is 2.32. The molecule has 0 aliphatic carbocycles. The van der Waals surface area contributed by atoms with E-state index >= 15 is 0 Å². The lowest BCUT2D eigenvalue weighted by atomic mass is 10.2. The van der Waals surface area contributed by atoms with Gasteiger partial charge in [-0.3, -0.25) is 9.89 Å². The van der Waals surface area contributed by atoms with Crippen LogP contribution in [0.15, 0.2) is 54.2 Å². The van der Waals surface area contributed by atoms with Crippen LogP contribution in [0, 0.1) is 0 Å². The van der Waals surface area contributed by atoms with E-state index in [1.54, 1.807) is 12.1 Å². The van der Waals surface area contributed by atoms with Crippen LogP contribution >= 0.6 is 34.5 Å². The van der Waals surface area contributed by atoms with Gasteiger partial charge in [0.2, 0.25) is 5.91 Å². The Morgan fingerprint density at radius 1 is 1.14 bits per heavy atom. The van der Waals surface area contributed by atoms with Gasteiger partial charge in [0.25, 0.3) is 0 Å². The molecule has 6 nitrogen and oxygen atoms in total. The lowest BCUT2D eigenvalue weighted by Crippen LogP contribution is -2.14. The highest BCUT2D eigenvalue weighted by atomic mass is 35.5. The van der Waals surface area contributed by atoms with Crippen molar-refractivity contribution >= 4 is 46.1 Å². The van der Waals surface area contributed by atoms with Gasteiger partial charge in [-0.25, -0.2) is 9.97 Å². The average Bonchev–Trinajstić information content (AvgIpc) is 3.34. The summed E-state index contributed by atoms with van der Waals surface area (Å²) in [6, 6.07) is 12.6. The molecule has 9 heteroatoms. The zero-order chi connectivity index (χ0) is 19.5. The molecule has 2 N–H and O–H groups in total. The van der Waals surface area contributed by atoms with E-state index in [2.05, 4.69) is 25.5 Å². The molecule has 2 aromatic carbocycles. The monoisotopic (exact) mass is 429 g/mol. The zero-order valence-corrected chi connectivity index (χ0v) is 16.6. The van der Waals surface area contributed by atoms with Gasteiger partial charge in [0.15, 0.2) is 5.82 Å². The van der Waals surface area contributed by atoms with Gasteiger partial charge in [-0.15, -0.1) is 11.3 Å². The maximum absolute atomic E-state index is 12.3. The minimum atomic E-state index is -0.147. The van der Waals surface area contributed by atoms with Gasteiger partial charge in [-0.1, -0.05) is 23.2 Å². The molecule has 0 saturated carbocycles. The predicted octanol–water partition coefficient (Wildman–Crippen LogP) is 5.08. The number of benzene rings is 2. The van der Waals surface area contributed by atoms with Crippen molar-refractivity contribution in [3.63, 3.8) is 0 Å². The summed E-state index contributed by atoms with van der Waals surface area (Å²) in [5, 5.41) is 13.2. The van der Waals surface area contributed by atoms with E-state index in [1.165, 1.54) is 17.7 Å². The van der Waals surface area contributed by atoms with Crippen LogP contribution in [-0.4, -0.2) is 26.1 Å². The first-order valence-electron chi connectivity index (χ1n) is 8.24. The van der Waals surface area contributed by atoms with Crippen molar-refractivity contribution in [1.29, 1.82) is 0 Å². The number of anilines is 1. The van der Waals surface area contributed by atoms with E-state index in [0.717, 1.165) is 16.1 Å². The third-order valence-electron chi connectivity index (χ3n) is 3.91. The summed E-state index contributed by atoms with van der Waals surface area (Å²) in [5.41, 5.74) is 3.07. The number of hydrogen-bond donors (Lipinski definition) is 2. The second kappa shape index (κ2) is 8.10. The Morgan fingerprint density at radius 2 is 1.96 bits per heavy atom. The smallest absolute Gasteiger partial charge is 0.230 e. The van der Waals surface area contributed by atoms with Crippen LogP contribution in [0.5, 0.6) is 0 Å². The number of aromatic nitrogens is 4. The van der Waals surface area contributed by atoms with Crippen LogP contribution in [0.1, 0.15) is 5.69 Å².